The van der Waals surface area contributed by atoms with Gasteiger partial charge in [0, 0.05) is 18.3 Å². The summed E-state index contributed by atoms with van der Waals surface area (Å²) in [6.07, 6.45) is 3.43. The summed E-state index contributed by atoms with van der Waals surface area (Å²) in [4.78, 5) is 28.1. The average Bonchev–Trinajstić information content (AvgIpc) is 3.15. The molecule has 8 nitrogen and oxygen atoms in total. The van der Waals surface area contributed by atoms with Crippen molar-refractivity contribution in [3.8, 4) is 0 Å². The first-order valence-electron chi connectivity index (χ1n) is 7.69. The number of carbonyl (C=O) groups is 2. The number of anilines is 1. The molecule has 0 radical (unpaired) electrons. The summed E-state index contributed by atoms with van der Waals surface area (Å²) < 4.78 is 11.7. The number of ether oxygens (including phenoxy) is 1. The van der Waals surface area contributed by atoms with Crippen LogP contribution in [0, 0.1) is 6.92 Å². The van der Waals surface area contributed by atoms with E-state index in [0.29, 0.717) is 17.1 Å². The van der Waals surface area contributed by atoms with Crippen LogP contribution in [0.5, 0.6) is 0 Å². The molecule has 3 aromatic rings. The zero-order valence-electron chi connectivity index (χ0n) is 14.0. The molecule has 0 saturated heterocycles. The minimum Gasteiger partial charge on any atom is -0.449 e. The van der Waals surface area contributed by atoms with Crippen molar-refractivity contribution in [1.29, 1.82) is 0 Å². The van der Waals surface area contributed by atoms with E-state index in [1.807, 2.05) is 12.1 Å². The fourth-order valence-electron chi connectivity index (χ4n) is 2.20. The Hall–Kier alpha value is -3.13. The van der Waals surface area contributed by atoms with Gasteiger partial charge in [0.15, 0.2) is 17.1 Å². The molecule has 3 aromatic heterocycles. The SMILES string of the molecule is Cc1cc(NC(=O)[C@@H](C)OC(=O)/C=C/c2c(Cl)nc3ccccn23)no1. The molecule has 0 aromatic carbocycles. The minimum atomic E-state index is -1.01. The molecule has 0 aliphatic carbocycles. The molecule has 9 heteroatoms. The minimum absolute atomic E-state index is 0.253. The highest BCUT2D eigenvalue weighted by atomic mass is 35.5. The average molecular weight is 375 g/mol. The van der Waals surface area contributed by atoms with Crippen molar-refractivity contribution < 1.29 is 18.8 Å². The van der Waals surface area contributed by atoms with Crippen molar-refractivity contribution in [2.24, 2.45) is 0 Å². The van der Waals surface area contributed by atoms with Crippen molar-refractivity contribution in [1.82, 2.24) is 14.5 Å². The highest BCUT2D eigenvalue weighted by Gasteiger charge is 2.18. The van der Waals surface area contributed by atoms with Gasteiger partial charge in [-0.15, -0.1) is 0 Å². The highest BCUT2D eigenvalue weighted by Crippen LogP contribution is 2.19. The number of imidazole rings is 1. The van der Waals surface area contributed by atoms with Crippen LogP contribution in [0.4, 0.5) is 5.82 Å². The molecule has 1 amide bonds. The molecule has 0 aliphatic heterocycles. The zero-order valence-corrected chi connectivity index (χ0v) is 14.7. The zero-order chi connectivity index (χ0) is 18.7. The van der Waals surface area contributed by atoms with Crippen LogP contribution in [0.2, 0.25) is 5.15 Å². The van der Waals surface area contributed by atoms with E-state index in [-0.39, 0.29) is 11.0 Å². The van der Waals surface area contributed by atoms with Gasteiger partial charge in [-0.1, -0.05) is 22.8 Å². The van der Waals surface area contributed by atoms with E-state index >= 15 is 0 Å². The molecule has 1 atom stereocenters. The van der Waals surface area contributed by atoms with Gasteiger partial charge >= 0.3 is 5.97 Å². The largest absolute Gasteiger partial charge is 0.449 e. The number of amides is 1. The van der Waals surface area contributed by atoms with Crippen LogP contribution in [0.3, 0.4) is 0 Å². The molecule has 0 aliphatic rings. The van der Waals surface area contributed by atoms with E-state index in [4.69, 9.17) is 20.9 Å². The number of fused-ring (bicyclic) bond motifs is 1. The van der Waals surface area contributed by atoms with Crippen LogP contribution < -0.4 is 5.32 Å². The first-order chi connectivity index (χ1) is 12.4. The summed E-state index contributed by atoms with van der Waals surface area (Å²) in [6, 6.07) is 6.99. The summed E-state index contributed by atoms with van der Waals surface area (Å²) in [6.45, 7) is 3.15. The molecule has 1 N–H and O–H groups in total. The van der Waals surface area contributed by atoms with Crippen LogP contribution in [-0.2, 0) is 14.3 Å². The van der Waals surface area contributed by atoms with E-state index in [0.717, 1.165) is 0 Å². The van der Waals surface area contributed by atoms with Crippen molar-refractivity contribution in [3.63, 3.8) is 0 Å². The molecule has 26 heavy (non-hydrogen) atoms. The smallest absolute Gasteiger partial charge is 0.331 e. The Labute approximate surface area is 153 Å². The predicted molar refractivity (Wildman–Crippen MR) is 94.7 cm³/mol. The standard InChI is InChI=1S/C17H15ClN4O4/c1-10-9-13(21-26-10)19-17(24)11(2)25-15(23)7-6-12-16(18)20-14-5-3-4-8-22(12)14/h3-9,11H,1-2H3,(H,19,21,24)/b7-6+/t11-/m1/s1. The molecule has 0 saturated carbocycles. The number of aromatic nitrogens is 3. The number of nitrogens with one attached hydrogen (secondary N) is 1. The van der Waals surface area contributed by atoms with Gasteiger partial charge in [-0.3, -0.25) is 9.20 Å². The molecule has 0 spiro atoms. The Morgan fingerprint density at radius 3 is 2.96 bits per heavy atom. The normalized spacial score (nSPS) is 12.4. The van der Waals surface area contributed by atoms with Gasteiger partial charge in [0.25, 0.3) is 5.91 Å². The fourth-order valence-corrected chi connectivity index (χ4v) is 2.44. The Kier molecular flexibility index (Phi) is 5.04. The van der Waals surface area contributed by atoms with Gasteiger partial charge in [-0.25, -0.2) is 9.78 Å². The first kappa shape index (κ1) is 17.7. The van der Waals surface area contributed by atoms with Gasteiger partial charge in [0.1, 0.15) is 11.4 Å². The number of halogens is 1. The molecule has 0 bridgehead atoms. The quantitative estimate of drug-likeness (QED) is 0.544. The third kappa shape index (κ3) is 3.92. The summed E-state index contributed by atoms with van der Waals surface area (Å²) in [5.74, 6) is -0.403. The summed E-state index contributed by atoms with van der Waals surface area (Å²) in [7, 11) is 0. The van der Waals surface area contributed by atoms with Gasteiger partial charge in [0.2, 0.25) is 0 Å². The van der Waals surface area contributed by atoms with Gasteiger partial charge < -0.3 is 14.6 Å². The monoisotopic (exact) mass is 374 g/mol. The van der Waals surface area contributed by atoms with E-state index in [2.05, 4.69) is 15.5 Å². The topological polar surface area (TPSA) is 98.7 Å². The highest BCUT2D eigenvalue weighted by molar-refractivity contribution is 6.31. The number of esters is 1. The third-order valence-corrected chi connectivity index (χ3v) is 3.72. The number of aryl methyl sites for hydroxylation is 1. The Morgan fingerprint density at radius 2 is 2.23 bits per heavy atom. The summed E-state index contributed by atoms with van der Waals surface area (Å²) >= 11 is 6.08. The number of hydrogen-bond acceptors (Lipinski definition) is 6. The number of rotatable bonds is 5. The van der Waals surface area contributed by atoms with Crippen LogP contribution >= 0.6 is 11.6 Å². The lowest BCUT2D eigenvalue weighted by Gasteiger charge is -2.10. The third-order valence-electron chi connectivity index (χ3n) is 3.44. The van der Waals surface area contributed by atoms with Crippen molar-refractivity contribution in [2.45, 2.75) is 20.0 Å². The number of pyridine rings is 1. The van der Waals surface area contributed by atoms with Gasteiger partial charge in [-0.2, -0.15) is 0 Å². The molecule has 134 valence electrons. The second-order valence-electron chi connectivity index (χ2n) is 5.44. The lowest BCUT2D eigenvalue weighted by molar-refractivity contribution is -0.148. The van der Waals surface area contributed by atoms with E-state index < -0.39 is 18.0 Å². The van der Waals surface area contributed by atoms with Crippen molar-refractivity contribution >= 4 is 41.0 Å². The second kappa shape index (κ2) is 7.40. The van der Waals surface area contributed by atoms with Crippen molar-refractivity contribution in [2.75, 3.05) is 5.32 Å². The van der Waals surface area contributed by atoms with Gasteiger partial charge in [-0.05, 0) is 32.1 Å². The maximum absolute atomic E-state index is 12.0. The number of carbonyl (C=O) groups excluding carboxylic acids is 2. The molecular weight excluding hydrogens is 360 g/mol. The molecule has 0 unspecified atom stereocenters. The van der Waals surface area contributed by atoms with Crippen LogP contribution in [0.15, 0.2) is 41.1 Å². The molecule has 0 fully saturated rings. The first-order valence-corrected chi connectivity index (χ1v) is 8.07. The van der Waals surface area contributed by atoms with E-state index in [9.17, 15) is 9.59 Å². The lowest BCUT2D eigenvalue weighted by Crippen LogP contribution is -2.29. The summed E-state index contributed by atoms with van der Waals surface area (Å²) in [5.41, 5.74) is 1.19. The van der Waals surface area contributed by atoms with E-state index in [1.165, 1.54) is 19.1 Å². The Morgan fingerprint density at radius 1 is 1.42 bits per heavy atom. The maximum Gasteiger partial charge on any atom is 0.331 e. The molecule has 3 rings (SSSR count). The number of hydrogen-bond donors (Lipinski definition) is 1. The predicted octanol–water partition coefficient (Wildman–Crippen LogP) is 2.87. The maximum atomic E-state index is 12.0. The Bertz CT molecular complexity index is 992. The number of nitrogens with zero attached hydrogens (tertiary/aromatic N) is 3. The van der Waals surface area contributed by atoms with Crippen LogP contribution in [0.25, 0.3) is 11.7 Å². The Balaban J connectivity index is 1.63. The second-order valence-corrected chi connectivity index (χ2v) is 5.80. The van der Waals surface area contributed by atoms with Crippen LogP contribution in [0.1, 0.15) is 18.4 Å². The van der Waals surface area contributed by atoms with E-state index in [1.54, 1.807) is 29.7 Å². The lowest BCUT2D eigenvalue weighted by atomic mass is 10.3. The molecular formula is C17H15ClN4O4. The molecule has 3 heterocycles. The van der Waals surface area contributed by atoms with Crippen LogP contribution in [-0.4, -0.2) is 32.5 Å². The summed E-state index contributed by atoms with van der Waals surface area (Å²) in [5, 5.41) is 6.39. The fraction of sp³-hybridized carbons (Fsp3) is 0.176. The van der Waals surface area contributed by atoms with Gasteiger partial charge in [0.05, 0.1) is 5.69 Å². The van der Waals surface area contributed by atoms with Crippen molar-refractivity contribution in [3.05, 3.63) is 53.1 Å².